The Morgan fingerprint density at radius 3 is 2.49 bits per heavy atom. The third kappa shape index (κ3) is 4.28. The number of ether oxygens (including phenoxy) is 1. The SMILES string of the molecule is COc1ccccc1[C@H]1CC(=O)N(Cc2cccc(Cl)c2)c2c1c(C)nn2-c1nc(C)cc(C)n1. The molecule has 5 rings (SSSR count). The minimum absolute atomic E-state index is 0.0149. The van der Waals surface area contributed by atoms with E-state index in [9.17, 15) is 4.79 Å². The number of aryl methyl sites for hydroxylation is 3. The van der Waals surface area contributed by atoms with Crippen LogP contribution >= 0.6 is 11.6 Å². The molecule has 0 spiro atoms. The zero-order valence-corrected chi connectivity index (χ0v) is 20.9. The van der Waals surface area contributed by atoms with Crippen LogP contribution < -0.4 is 9.64 Å². The van der Waals surface area contributed by atoms with Gasteiger partial charge in [0.2, 0.25) is 5.91 Å². The molecule has 1 atom stereocenters. The standard InChI is InChI=1S/C27H26ClN5O2/c1-16-12-17(2)30-27(29-16)33-26-25(18(3)31-33)22(21-10-5-6-11-23(21)35-4)14-24(34)32(26)15-19-8-7-9-20(28)13-19/h5-13,22H,14-15H2,1-4H3/t22-/m1/s1. The van der Waals surface area contributed by atoms with E-state index in [0.717, 1.165) is 39.5 Å². The Bertz CT molecular complexity index is 1410. The molecule has 2 aromatic carbocycles. The first-order valence-electron chi connectivity index (χ1n) is 11.5. The van der Waals surface area contributed by atoms with Crippen LogP contribution in [0.15, 0.2) is 54.6 Å². The Balaban J connectivity index is 1.73. The summed E-state index contributed by atoms with van der Waals surface area (Å²) in [7, 11) is 1.65. The number of methoxy groups -OCH3 is 1. The lowest BCUT2D eigenvalue weighted by atomic mass is 9.84. The second kappa shape index (κ2) is 9.15. The summed E-state index contributed by atoms with van der Waals surface area (Å²) in [6, 6.07) is 17.3. The summed E-state index contributed by atoms with van der Waals surface area (Å²) in [6.07, 6.45) is 0.300. The highest BCUT2D eigenvalue weighted by molar-refractivity contribution is 6.30. The molecule has 1 aliphatic heterocycles. The van der Waals surface area contributed by atoms with Crippen LogP contribution in [0.3, 0.4) is 0 Å². The molecule has 35 heavy (non-hydrogen) atoms. The largest absolute Gasteiger partial charge is 0.496 e. The van der Waals surface area contributed by atoms with Gasteiger partial charge in [-0.15, -0.1) is 0 Å². The number of hydrogen-bond donors (Lipinski definition) is 0. The minimum atomic E-state index is -0.205. The molecule has 4 aromatic rings. The molecule has 0 unspecified atom stereocenters. The molecule has 0 fully saturated rings. The molecule has 0 N–H and O–H groups in total. The first-order valence-corrected chi connectivity index (χ1v) is 11.8. The van der Waals surface area contributed by atoms with Crippen LogP contribution in [0.25, 0.3) is 5.95 Å². The number of anilines is 1. The van der Waals surface area contributed by atoms with Gasteiger partial charge < -0.3 is 4.74 Å². The maximum Gasteiger partial charge on any atom is 0.252 e. The first-order chi connectivity index (χ1) is 16.9. The van der Waals surface area contributed by atoms with E-state index in [-0.39, 0.29) is 11.8 Å². The van der Waals surface area contributed by atoms with E-state index in [1.54, 1.807) is 16.7 Å². The summed E-state index contributed by atoms with van der Waals surface area (Å²) in [4.78, 5) is 24.8. The van der Waals surface area contributed by atoms with Crippen molar-refractivity contribution in [3.8, 4) is 11.7 Å². The quantitative estimate of drug-likeness (QED) is 0.381. The number of halogens is 1. The van der Waals surface area contributed by atoms with Crippen molar-refractivity contribution in [1.82, 2.24) is 19.7 Å². The summed E-state index contributed by atoms with van der Waals surface area (Å²) in [6.45, 7) is 6.18. The molecule has 3 heterocycles. The third-order valence-corrected chi connectivity index (χ3v) is 6.50. The Labute approximate surface area is 209 Å². The number of carbonyl (C=O) groups is 1. The summed E-state index contributed by atoms with van der Waals surface area (Å²) >= 11 is 6.25. The van der Waals surface area contributed by atoms with Crippen LogP contribution in [-0.4, -0.2) is 32.8 Å². The zero-order chi connectivity index (χ0) is 24.7. The highest BCUT2D eigenvalue weighted by atomic mass is 35.5. The van der Waals surface area contributed by atoms with Gasteiger partial charge in [-0.05, 0) is 50.6 Å². The number of aromatic nitrogens is 4. The van der Waals surface area contributed by atoms with E-state index >= 15 is 0 Å². The Morgan fingerprint density at radius 2 is 1.77 bits per heavy atom. The van der Waals surface area contributed by atoms with E-state index in [1.807, 2.05) is 75.4 Å². The van der Waals surface area contributed by atoms with Gasteiger partial charge >= 0.3 is 0 Å². The molecule has 1 amide bonds. The summed E-state index contributed by atoms with van der Waals surface area (Å²) < 4.78 is 7.36. The molecular weight excluding hydrogens is 462 g/mol. The smallest absolute Gasteiger partial charge is 0.252 e. The van der Waals surface area contributed by atoms with Crippen molar-refractivity contribution in [3.05, 3.63) is 93.4 Å². The molecule has 1 aliphatic rings. The van der Waals surface area contributed by atoms with E-state index in [0.29, 0.717) is 29.8 Å². The van der Waals surface area contributed by atoms with Gasteiger partial charge in [0.05, 0.1) is 19.3 Å². The normalized spacial score (nSPS) is 15.3. The van der Waals surface area contributed by atoms with Crippen LogP contribution in [-0.2, 0) is 11.3 Å². The maximum absolute atomic E-state index is 13.7. The van der Waals surface area contributed by atoms with Crippen LogP contribution in [0, 0.1) is 20.8 Å². The number of fused-ring (bicyclic) bond motifs is 1. The minimum Gasteiger partial charge on any atom is -0.496 e. The number of rotatable bonds is 5. The van der Waals surface area contributed by atoms with Gasteiger partial charge in [-0.3, -0.25) is 9.69 Å². The second-order valence-corrected chi connectivity index (χ2v) is 9.23. The molecule has 0 saturated carbocycles. The lowest BCUT2D eigenvalue weighted by molar-refractivity contribution is -0.119. The predicted octanol–water partition coefficient (Wildman–Crippen LogP) is 5.32. The van der Waals surface area contributed by atoms with E-state index < -0.39 is 0 Å². The van der Waals surface area contributed by atoms with Crippen LogP contribution in [0.1, 0.15) is 46.1 Å². The second-order valence-electron chi connectivity index (χ2n) is 8.79. The van der Waals surface area contributed by atoms with Crippen molar-refractivity contribution in [3.63, 3.8) is 0 Å². The van der Waals surface area contributed by atoms with Crippen molar-refractivity contribution in [2.45, 2.75) is 39.7 Å². The fourth-order valence-corrected chi connectivity index (χ4v) is 5.05. The van der Waals surface area contributed by atoms with Gasteiger partial charge in [0.25, 0.3) is 5.95 Å². The predicted molar refractivity (Wildman–Crippen MR) is 135 cm³/mol. The fraction of sp³-hybridized carbons (Fsp3) is 0.259. The van der Waals surface area contributed by atoms with E-state index in [2.05, 4.69) is 9.97 Å². The summed E-state index contributed by atoms with van der Waals surface area (Å²) in [5, 5.41) is 5.48. The van der Waals surface area contributed by atoms with E-state index in [1.165, 1.54) is 0 Å². The molecule has 2 aromatic heterocycles. The molecule has 0 saturated heterocycles. The Hall–Kier alpha value is -3.71. The van der Waals surface area contributed by atoms with Crippen LogP contribution in [0.5, 0.6) is 5.75 Å². The highest BCUT2D eigenvalue weighted by Gasteiger charge is 2.39. The zero-order valence-electron chi connectivity index (χ0n) is 20.1. The van der Waals surface area contributed by atoms with Gasteiger partial charge in [0.1, 0.15) is 11.6 Å². The van der Waals surface area contributed by atoms with Gasteiger partial charge in [-0.25, -0.2) is 9.97 Å². The fourth-order valence-electron chi connectivity index (χ4n) is 4.84. The summed E-state index contributed by atoms with van der Waals surface area (Å²) in [5.41, 5.74) is 5.34. The molecule has 0 bridgehead atoms. The van der Waals surface area contributed by atoms with Crippen molar-refractivity contribution >= 4 is 23.3 Å². The third-order valence-electron chi connectivity index (χ3n) is 6.27. The lowest BCUT2D eigenvalue weighted by Gasteiger charge is -2.33. The lowest BCUT2D eigenvalue weighted by Crippen LogP contribution is -2.38. The average molecular weight is 488 g/mol. The number of carbonyl (C=O) groups excluding carboxylic acids is 1. The Morgan fingerprint density at radius 1 is 1.03 bits per heavy atom. The van der Waals surface area contributed by atoms with Crippen LogP contribution in [0.4, 0.5) is 5.82 Å². The van der Waals surface area contributed by atoms with Gasteiger partial charge in [-0.2, -0.15) is 9.78 Å². The van der Waals surface area contributed by atoms with Crippen LogP contribution in [0.2, 0.25) is 5.02 Å². The monoisotopic (exact) mass is 487 g/mol. The van der Waals surface area contributed by atoms with Gasteiger partial charge in [0, 0.05) is 39.9 Å². The molecule has 0 radical (unpaired) electrons. The first kappa shape index (κ1) is 23.1. The maximum atomic E-state index is 13.7. The molecule has 0 aliphatic carbocycles. The number of hydrogen-bond acceptors (Lipinski definition) is 5. The number of benzene rings is 2. The summed E-state index contributed by atoms with van der Waals surface area (Å²) in [5.74, 6) is 1.65. The average Bonchev–Trinajstić information content (AvgIpc) is 3.17. The van der Waals surface area contributed by atoms with Gasteiger partial charge in [-0.1, -0.05) is 41.9 Å². The van der Waals surface area contributed by atoms with Gasteiger partial charge in [0.15, 0.2) is 0 Å². The Kier molecular flexibility index (Phi) is 6.03. The molecule has 178 valence electrons. The van der Waals surface area contributed by atoms with Crippen molar-refractivity contribution < 1.29 is 9.53 Å². The van der Waals surface area contributed by atoms with Crippen molar-refractivity contribution in [1.29, 1.82) is 0 Å². The molecular formula is C27H26ClN5O2. The topological polar surface area (TPSA) is 73.1 Å². The van der Waals surface area contributed by atoms with Crippen molar-refractivity contribution in [2.24, 2.45) is 0 Å². The van der Waals surface area contributed by atoms with E-state index in [4.69, 9.17) is 21.4 Å². The molecule has 7 nitrogen and oxygen atoms in total. The number of amides is 1. The van der Waals surface area contributed by atoms with Crippen molar-refractivity contribution in [2.75, 3.05) is 12.0 Å². The number of para-hydroxylation sites is 1. The number of nitrogens with zero attached hydrogens (tertiary/aromatic N) is 5. The highest BCUT2D eigenvalue weighted by Crippen LogP contribution is 2.45. The molecule has 8 heteroatoms.